The smallest absolute Gasteiger partial charge is 0.320 e. The fraction of sp³-hybridized carbons (Fsp3) is 0.857. The van der Waals surface area contributed by atoms with Crippen LogP contribution in [0.4, 0.5) is 0 Å². The number of hydrogen-bond acceptors (Lipinski definition) is 5. The van der Waals surface area contributed by atoms with Crippen LogP contribution >= 0.6 is 0 Å². The molecular weight excluding hydrogens is 194 g/mol. The lowest BCUT2D eigenvalue weighted by Crippen LogP contribution is -2.30. The Labute approximate surface area is 77.4 Å². The maximum atomic E-state index is 11.5. The molecule has 0 unspecified atom stereocenters. The molecule has 0 saturated carbocycles. The molecule has 0 aromatic carbocycles. The van der Waals surface area contributed by atoms with E-state index in [9.17, 15) is 13.2 Å². The molecule has 0 aromatic heterocycles. The molecule has 0 amide bonds. The van der Waals surface area contributed by atoms with Crippen molar-refractivity contribution in [1.29, 1.82) is 0 Å². The van der Waals surface area contributed by atoms with Crippen molar-refractivity contribution >= 4 is 15.8 Å². The Hall–Kier alpha value is -0.620. The van der Waals surface area contributed by atoms with Crippen LogP contribution in [0, 0.1) is 0 Å². The van der Waals surface area contributed by atoms with Crippen LogP contribution in [0.15, 0.2) is 0 Å². The fourth-order valence-corrected chi connectivity index (χ4v) is 2.81. The van der Waals surface area contributed by atoms with Crippen LogP contribution in [-0.2, 0) is 19.4 Å². The number of ether oxygens (including phenoxy) is 1. The molecule has 0 aliphatic carbocycles. The van der Waals surface area contributed by atoms with Gasteiger partial charge in [0.2, 0.25) is 0 Å². The minimum absolute atomic E-state index is 0.424. The monoisotopic (exact) mass is 207 g/mol. The predicted octanol–water partition coefficient (Wildman–Crippen LogP) is -1.06. The first-order valence-electron chi connectivity index (χ1n) is 4.05. The van der Waals surface area contributed by atoms with Gasteiger partial charge in [-0.3, -0.25) is 4.79 Å². The summed E-state index contributed by atoms with van der Waals surface area (Å²) < 4.78 is 27.2. The van der Waals surface area contributed by atoms with Gasteiger partial charge in [0.25, 0.3) is 0 Å². The third-order valence-electron chi connectivity index (χ3n) is 2.07. The van der Waals surface area contributed by atoms with E-state index in [1.807, 2.05) is 0 Å². The summed E-state index contributed by atoms with van der Waals surface area (Å²) >= 11 is 0. The normalized spacial score (nSPS) is 23.0. The van der Waals surface area contributed by atoms with Gasteiger partial charge in [-0.2, -0.15) is 0 Å². The number of esters is 1. The van der Waals surface area contributed by atoms with Crippen LogP contribution in [0.25, 0.3) is 0 Å². The SMILES string of the molecule is COC(=O)CS(=O)(=O)[C@H]1CCNC1. The Morgan fingerprint density at radius 3 is 2.77 bits per heavy atom. The van der Waals surface area contributed by atoms with Crippen molar-refractivity contribution in [1.82, 2.24) is 5.32 Å². The van der Waals surface area contributed by atoms with Crippen molar-refractivity contribution < 1.29 is 17.9 Å². The number of carbonyl (C=O) groups is 1. The Bertz CT molecular complexity index is 279. The third kappa shape index (κ3) is 2.67. The number of methoxy groups -OCH3 is 1. The van der Waals surface area contributed by atoms with E-state index in [4.69, 9.17) is 0 Å². The second kappa shape index (κ2) is 4.06. The largest absolute Gasteiger partial charge is 0.468 e. The van der Waals surface area contributed by atoms with E-state index < -0.39 is 26.8 Å². The molecular formula is C7H13NO4S. The Balaban J connectivity index is 2.60. The zero-order valence-corrected chi connectivity index (χ0v) is 8.26. The summed E-state index contributed by atoms with van der Waals surface area (Å²) in [5.41, 5.74) is 0. The van der Waals surface area contributed by atoms with Gasteiger partial charge in [0.1, 0.15) is 5.75 Å². The maximum Gasteiger partial charge on any atom is 0.320 e. The third-order valence-corrected chi connectivity index (χ3v) is 4.13. The van der Waals surface area contributed by atoms with Crippen LogP contribution in [0.2, 0.25) is 0 Å². The van der Waals surface area contributed by atoms with Crippen molar-refractivity contribution in [3.8, 4) is 0 Å². The van der Waals surface area contributed by atoms with Gasteiger partial charge < -0.3 is 10.1 Å². The molecule has 1 aliphatic rings. The van der Waals surface area contributed by atoms with Crippen LogP contribution in [0.5, 0.6) is 0 Å². The fourth-order valence-electron chi connectivity index (χ4n) is 1.28. The lowest BCUT2D eigenvalue weighted by molar-refractivity contribution is -0.137. The van der Waals surface area contributed by atoms with Gasteiger partial charge in [-0.05, 0) is 13.0 Å². The zero-order valence-electron chi connectivity index (χ0n) is 7.45. The van der Waals surface area contributed by atoms with Crippen LogP contribution in [-0.4, -0.2) is 45.6 Å². The molecule has 1 saturated heterocycles. The van der Waals surface area contributed by atoms with E-state index in [1.165, 1.54) is 7.11 Å². The Morgan fingerprint density at radius 1 is 1.62 bits per heavy atom. The summed E-state index contributed by atoms with van der Waals surface area (Å²) in [7, 11) is -2.12. The van der Waals surface area contributed by atoms with E-state index in [0.717, 1.165) is 0 Å². The first kappa shape index (κ1) is 10.5. The van der Waals surface area contributed by atoms with Crippen molar-refractivity contribution in [2.75, 3.05) is 26.0 Å². The molecule has 0 spiro atoms. The molecule has 13 heavy (non-hydrogen) atoms. The highest BCUT2D eigenvalue weighted by molar-refractivity contribution is 7.92. The van der Waals surface area contributed by atoms with Crippen molar-refractivity contribution in [2.45, 2.75) is 11.7 Å². The molecule has 6 heteroatoms. The van der Waals surface area contributed by atoms with Gasteiger partial charge in [-0.15, -0.1) is 0 Å². The molecule has 0 bridgehead atoms. The predicted molar refractivity (Wildman–Crippen MR) is 47.1 cm³/mol. The summed E-state index contributed by atoms with van der Waals surface area (Å²) in [6, 6.07) is 0. The molecule has 5 nitrogen and oxygen atoms in total. The first-order valence-corrected chi connectivity index (χ1v) is 5.77. The molecule has 1 N–H and O–H groups in total. The van der Waals surface area contributed by atoms with Gasteiger partial charge in [0.15, 0.2) is 9.84 Å². The van der Waals surface area contributed by atoms with E-state index >= 15 is 0 Å². The minimum atomic E-state index is -3.31. The van der Waals surface area contributed by atoms with Gasteiger partial charge >= 0.3 is 5.97 Å². The molecule has 0 radical (unpaired) electrons. The second-order valence-corrected chi connectivity index (χ2v) is 5.28. The molecule has 0 aromatic rings. The van der Waals surface area contributed by atoms with Gasteiger partial charge in [0, 0.05) is 6.54 Å². The number of sulfone groups is 1. The molecule has 1 aliphatic heterocycles. The van der Waals surface area contributed by atoms with Crippen LogP contribution < -0.4 is 5.32 Å². The average Bonchev–Trinajstić information content (AvgIpc) is 2.55. The second-order valence-electron chi connectivity index (χ2n) is 3.00. The maximum absolute atomic E-state index is 11.5. The summed E-state index contributed by atoms with van der Waals surface area (Å²) in [5.74, 6) is -1.19. The topological polar surface area (TPSA) is 72.5 Å². The van der Waals surface area contributed by atoms with Crippen LogP contribution in [0.1, 0.15) is 6.42 Å². The van der Waals surface area contributed by atoms with E-state index in [1.54, 1.807) is 0 Å². The highest BCUT2D eigenvalue weighted by Crippen LogP contribution is 2.10. The number of hydrogen-bond donors (Lipinski definition) is 1. The molecule has 1 rings (SSSR count). The molecule has 1 fully saturated rings. The lowest BCUT2D eigenvalue weighted by atomic mass is 10.4. The van der Waals surface area contributed by atoms with Crippen molar-refractivity contribution in [2.24, 2.45) is 0 Å². The molecule has 1 atom stereocenters. The summed E-state index contributed by atoms with van der Waals surface area (Å²) in [4.78, 5) is 10.8. The highest BCUT2D eigenvalue weighted by Gasteiger charge is 2.30. The Morgan fingerprint density at radius 2 is 2.31 bits per heavy atom. The standard InChI is InChI=1S/C7H13NO4S/c1-12-7(9)5-13(10,11)6-2-3-8-4-6/h6,8H,2-5H2,1H3/t6-/m0/s1. The summed E-state index contributed by atoms with van der Waals surface area (Å²) in [6.45, 7) is 1.14. The zero-order chi connectivity index (χ0) is 9.90. The number of carbonyl (C=O) groups excluding carboxylic acids is 1. The highest BCUT2D eigenvalue weighted by atomic mass is 32.2. The van der Waals surface area contributed by atoms with Gasteiger partial charge in [-0.1, -0.05) is 0 Å². The lowest BCUT2D eigenvalue weighted by Gasteiger charge is -2.08. The van der Waals surface area contributed by atoms with Crippen molar-refractivity contribution in [3.63, 3.8) is 0 Å². The Kier molecular flexibility index (Phi) is 3.27. The van der Waals surface area contributed by atoms with Crippen LogP contribution in [0.3, 0.4) is 0 Å². The molecule has 1 heterocycles. The quantitative estimate of drug-likeness (QED) is 0.597. The minimum Gasteiger partial charge on any atom is -0.468 e. The summed E-state index contributed by atoms with van der Waals surface area (Å²) in [6.07, 6.45) is 0.583. The average molecular weight is 207 g/mol. The number of nitrogens with one attached hydrogen (secondary N) is 1. The molecule has 76 valence electrons. The summed E-state index contributed by atoms with van der Waals surface area (Å²) in [5, 5.41) is 2.51. The van der Waals surface area contributed by atoms with Gasteiger partial charge in [0.05, 0.1) is 12.4 Å². The first-order chi connectivity index (χ1) is 6.06. The van der Waals surface area contributed by atoms with E-state index in [0.29, 0.717) is 19.5 Å². The van der Waals surface area contributed by atoms with Gasteiger partial charge in [-0.25, -0.2) is 8.42 Å². The van der Waals surface area contributed by atoms with Crippen molar-refractivity contribution in [3.05, 3.63) is 0 Å². The van der Waals surface area contributed by atoms with E-state index in [2.05, 4.69) is 10.1 Å². The van der Waals surface area contributed by atoms with E-state index in [-0.39, 0.29) is 0 Å². The number of rotatable bonds is 3.